The van der Waals surface area contributed by atoms with Crippen LogP contribution in [0, 0.1) is 5.41 Å². The summed E-state index contributed by atoms with van der Waals surface area (Å²) in [5, 5.41) is 0. The molecule has 0 spiro atoms. The lowest BCUT2D eigenvalue weighted by molar-refractivity contribution is 0.0421. The number of rotatable bonds is 1. The molecule has 0 amide bonds. The van der Waals surface area contributed by atoms with Crippen molar-refractivity contribution in [3.05, 3.63) is 35.4 Å². The summed E-state index contributed by atoms with van der Waals surface area (Å²) in [5.74, 6) is 0. The Hall–Kier alpha value is -0.820. The Morgan fingerprint density at radius 1 is 1.38 bits per heavy atom. The zero-order valence-electron chi connectivity index (χ0n) is 10.4. The molecule has 0 bridgehead atoms. The van der Waals surface area contributed by atoms with E-state index in [0.29, 0.717) is 11.5 Å². The lowest BCUT2D eigenvalue weighted by Gasteiger charge is -2.44. The molecule has 0 radical (unpaired) electrons. The molecule has 2 aliphatic rings. The van der Waals surface area contributed by atoms with E-state index in [2.05, 4.69) is 43.0 Å². The second kappa shape index (κ2) is 3.59. The fraction of sp³-hybridized carbons (Fsp3) is 0.600. The number of benzene rings is 1. The normalized spacial score (nSPS) is 33.5. The molecular weight excluding hydrogens is 194 g/mol. The lowest BCUT2D eigenvalue weighted by atomic mass is 9.75. The first-order valence-corrected chi connectivity index (χ1v) is 6.56. The van der Waals surface area contributed by atoms with Crippen molar-refractivity contribution in [1.29, 1.82) is 0 Å². The number of nitrogens with zero attached hydrogens (tertiary/aromatic N) is 1. The van der Waals surface area contributed by atoms with Crippen molar-refractivity contribution in [3.8, 4) is 0 Å². The van der Waals surface area contributed by atoms with Gasteiger partial charge in [0.1, 0.15) is 0 Å². The molecule has 1 aromatic rings. The molecule has 1 aliphatic heterocycles. The minimum atomic E-state index is 0.498. The summed E-state index contributed by atoms with van der Waals surface area (Å²) in [6.45, 7) is 7.26. The van der Waals surface area contributed by atoms with E-state index in [4.69, 9.17) is 0 Å². The van der Waals surface area contributed by atoms with Crippen LogP contribution < -0.4 is 0 Å². The Bertz CT molecular complexity index is 398. The Kier molecular flexibility index (Phi) is 2.32. The van der Waals surface area contributed by atoms with Crippen molar-refractivity contribution in [2.24, 2.45) is 5.41 Å². The molecule has 2 unspecified atom stereocenters. The number of piperidine rings is 1. The van der Waals surface area contributed by atoms with Crippen LogP contribution in [-0.4, -0.2) is 18.0 Å². The average Bonchev–Trinajstić information content (AvgIpc) is 2.60. The monoisotopic (exact) mass is 215 g/mol. The number of fused-ring (bicyclic) bond motifs is 3. The highest BCUT2D eigenvalue weighted by Crippen LogP contribution is 2.53. The maximum absolute atomic E-state index is 2.68. The summed E-state index contributed by atoms with van der Waals surface area (Å²) < 4.78 is 0. The lowest BCUT2D eigenvalue weighted by Crippen LogP contribution is -2.42. The summed E-state index contributed by atoms with van der Waals surface area (Å²) in [4.78, 5) is 2.68. The van der Waals surface area contributed by atoms with Crippen molar-refractivity contribution in [3.63, 3.8) is 0 Å². The number of likely N-dealkylation sites (tertiary alicyclic amines) is 1. The second-order valence-corrected chi connectivity index (χ2v) is 5.66. The van der Waals surface area contributed by atoms with Crippen LogP contribution in [0.1, 0.15) is 43.9 Å². The van der Waals surface area contributed by atoms with Gasteiger partial charge in [-0.3, -0.25) is 4.90 Å². The first-order chi connectivity index (χ1) is 7.74. The fourth-order valence-corrected chi connectivity index (χ4v) is 3.89. The van der Waals surface area contributed by atoms with E-state index >= 15 is 0 Å². The minimum Gasteiger partial charge on any atom is -0.296 e. The Morgan fingerprint density at radius 3 is 3.00 bits per heavy atom. The number of hydrogen-bond donors (Lipinski definition) is 0. The summed E-state index contributed by atoms with van der Waals surface area (Å²) in [6.07, 6.45) is 4.04. The summed E-state index contributed by atoms with van der Waals surface area (Å²) in [6, 6.07) is 9.75. The van der Waals surface area contributed by atoms with Crippen molar-refractivity contribution < 1.29 is 0 Å². The molecule has 1 aliphatic carbocycles. The summed E-state index contributed by atoms with van der Waals surface area (Å²) in [5.41, 5.74) is 3.69. The summed E-state index contributed by atoms with van der Waals surface area (Å²) in [7, 11) is 0. The molecular formula is C15H21N. The molecule has 86 valence electrons. The van der Waals surface area contributed by atoms with Gasteiger partial charge in [-0.05, 0) is 48.9 Å². The van der Waals surface area contributed by atoms with Crippen molar-refractivity contribution >= 4 is 0 Å². The van der Waals surface area contributed by atoms with Crippen molar-refractivity contribution in [2.75, 3.05) is 13.1 Å². The zero-order valence-corrected chi connectivity index (χ0v) is 10.4. The Balaban J connectivity index is 2.06. The number of hydrogen-bond acceptors (Lipinski definition) is 1. The first-order valence-electron chi connectivity index (χ1n) is 6.56. The van der Waals surface area contributed by atoms with Crippen LogP contribution >= 0.6 is 0 Å². The third kappa shape index (κ3) is 1.34. The van der Waals surface area contributed by atoms with E-state index in [1.807, 2.05) is 0 Å². The molecule has 1 heterocycles. The minimum absolute atomic E-state index is 0.498. The van der Waals surface area contributed by atoms with Gasteiger partial charge < -0.3 is 0 Å². The van der Waals surface area contributed by atoms with Gasteiger partial charge in [-0.2, -0.15) is 0 Å². The molecule has 0 aromatic heterocycles. The van der Waals surface area contributed by atoms with Gasteiger partial charge in [0.2, 0.25) is 0 Å². The topological polar surface area (TPSA) is 3.24 Å². The van der Waals surface area contributed by atoms with Crippen LogP contribution in [0.2, 0.25) is 0 Å². The molecule has 1 heteroatoms. The average molecular weight is 215 g/mol. The predicted molar refractivity (Wildman–Crippen MR) is 67.5 cm³/mol. The molecule has 3 rings (SSSR count). The van der Waals surface area contributed by atoms with E-state index < -0.39 is 0 Å². The maximum Gasteiger partial charge on any atom is 0.0407 e. The molecule has 1 aromatic carbocycles. The Labute approximate surface area is 98.5 Å². The van der Waals surface area contributed by atoms with Crippen molar-refractivity contribution in [1.82, 2.24) is 4.90 Å². The van der Waals surface area contributed by atoms with Gasteiger partial charge in [-0.1, -0.05) is 38.1 Å². The van der Waals surface area contributed by atoms with Gasteiger partial charge in [0, 0.05) is 6.04 Å². The standard InChI is InChI=1S/C15H21N/c1-3-16-10-6-9-15(2)11-12-7-4-5-8-13(12)14(15)16/h4-5,7-8,14H,3,6,9-11H2,1-2H3. The maximum atomic E-state index is 2.68. The molecule has 1 fully saturated rings. The zero-order chi connectivity index (χ0) is 11.2. The van der Waals surface area contributed by atoms with Crippen LogP contribution in [0.4, 0.5) is 0 Å². The second-order valence-electron chi connectivity index (χ2n) is 5.66. The van der Waals surface area contributed by atoms with Crippen LogP contribution in [-0.2, 0) is 6.42 Å². The van der Waals surface area contributed by atoms with E-state index in [-0.39, 0.29) is 0 Å². The molecule has 1 nitrogen and oxygen atoms in total. The van der Waals surface area contributed by atoms with Gasteiger partial charge in [-0.25, -0.2) is 0 Å². The highest BCUT2D eigenvalue weighted by Gasteiger charge is 2.46. The highest BCUT2D eigenvalue weighted by molar-refractivity contribution is 5.38. The van der Waals surface area contributed by atoms with E-state index in [1.165, 1.54) is 32.4 Å². The summed E-state index contributed by atoms with van der Waals surface area (Å²) >= 11 is 0. The van der Waals surface area contributed by atoms with E-state index in [0.717, 1.165) is 0 Å². The first kappa shape index (κ1) is 10.3. The van der Waals surface area contributed by atoms with E-state index in [1.54, 1.807) is 11.1 Å². The van der Waals surface area contributed by atoms with Crippen LogP contribution in [0.25, 0.3) is 0 Å². The molecule has 2 atom stereocenters. The molecule has 1 saturated heterocycles. The van der Waals surface area contributed by atoms with Crippen LogP contribution in [0.15, 0.2) is 24.3 Å². The van der Waals surface area contributed by atoms with E-state index in [9.17, 15) is 0 Å². The van der Waals surface area contributed by atoms with Gasteiger partial charge in [0.05, 0.1) is 0 Å². The third-order valence-electron chi connectivity index (χ3n) is 4.57. The molecule has 16 heavy (non-hydrogen) atoms. The highest BCUT2D eigenvalue weighted by atomic mass is 15.2. The molecule has 0 N–H and O–H groups in total. The van der Waals surface area contributed by atoms with Gasteiger partial charge >= 0.3 is 0 Å². The Morgan fingerprint density at radius 2 is 2.19 bits per heavy atom. The van der Waals surface area contributed by atoms with Crippen LogP contribution in [0.3, 0.4) is 0 Å². The van der Waals surface area contributed by atoms with Crippen LogP contribution in [0.5, 0.6) is 0 Å². The predicted octanol–water partition coefficient (Wildman–Crippen LogP) is 3.41. The smallest absolute Gasteiger partial charge is 0.0407 e. The fourth-order valence-electron chi connectivity index (χ4n) is 3.89. The van der Waals surface area contributed by atoms with Gasteiger partial charge in [0.15, 0.2) is 0 Å². The van der Waals surface area contributed by atoms with Crippen molar-refractivity contribution in [2.45, 2.75) is 39.2 Å². The quantitative estimate of drug-likeness (QED) is 0.694. The van der Waals surface area contributed by atoms with Gasteiger partial charge in [-0.15, -0.1) is 0 Å². The largest absolute Gasteiger partial charge is 0.296 e. The van der Waals surface area contributed by atoms with Gasteiger partial charge in [0.25, 0.3) is 0 Å². The molecule has 0 saturated carbocycles. The SMILES string of the molecule is CCN1CCCC2(C)Cc3ccccc3C12. The third-order valence-corrected chi connectivity index (χ3v) is 4.57.